The zero-order valence-electron chi connectivity index (χ0n) is 14.9. The third-order valence-electron chi connectivity index (χ3n) is 3.67. The zero-order valence-corrected chi connectivity index (χ0v) is 14.9. The number of hydrogen-bond acceptors (Lipinski definition) is 3. The van der Waals surface area contributed by atoms with Gasteiger partial charge in [0.1, 0.15) is 12.4 Å². The molecule has 0 bridgehead atoms. The number of hydrogen-bond donors (Lipinski definition) is 1. The Bertz CT molecular complexity index is 646. The van der Waals surface area contributed by atoms with Crippen molar-refractivity contribution in [2.24, 2.45) is 0 Å². The SMILES string of the molecule is CCCN(Cc1ccccc1)C(=O)Nc1ccccc1OCCOC. The first-order chi connectivity index (χ1) is 12.2. The number of nitrogens with one attached hydrogen (secondary N) is 1. The minimum absolute atomic E-state index is 0.131. The van der Waals surface area contributed by atoms with Crippen molar-refractivity contribution in [1.82, 2.24) is 4.90 Å². The Labute approximate surface area is 149 Å². The first-order valence-corrected chi connectivity index (χ1v) is 8.55. The molecule has 5 nitrogen and oxygen atoms in total. The molecular weight excluding hydrogens is 316 g/mol. The van der Waals surface area contributed by atoms with E-state index in [1.807, 2.05) is 54.6 Å². The van der Waals surface area contributed by atoms with Crippen LogP contribution in [-0.2, 0) is 11.3 Å². The van der Waals surface area contributed by atoms with Crippen LogP contribution in [0.25, 0.3) is 0 Å². The molecule has 2 rings (SSSR count). The van der Waals surface area contributed by atoms with Gasteiger partial charge in [0.05, 0.1) is 12.3 Å². The van der Waals surface area contributed by atoms with E-state index in [-0.39, 0.29) is 6.03 Å². The minimum atomic E-state index is -0.131. The highest BCUT2D eigenvalue weighted by Crippen LogP contribution is 2.24. The molecule has 2 aromatic carbocycles. The molecule has 0 aliphatic heterocycles. The molecule has 0 aromatic heterocycles. The number of para-hydroxylation sites is 2. The van der Waals surface area contributed by atoms with Crippen molar-refractivity contribution in [2.75, 3.05) is 32.2 Å². The number of methoxy groups -OCH3 is 1. The lowest BCUT2D eigenvalue weighted by molar-refractivity contribution is 0.146. The van der Waals surface area contributed by atoms with E-state index < -0.39 is 0 Å². The number of ether oxygens (including phenoxy) is 2. The smallest absolute Gasteiger partial charge is 0.322 e. The molecule has 0 spiro atoms. The van der Waals surface area contributed by atoms with Crippen LogP contribution in [0.15, 0.2) is 54.6 Å². The van der Waals surface area contributed by atoms with Gasteiger partial charge >= 0.3 is 6.03 Å². The minimum Gasteiger partial charge on any atom is -0.489 e. The summed E-state index contributed by atoms with van der Waals surface area (Å²) in [6.07, 6.45) is 0.895. The first kappa shape index (κ1) is 18.8. The van der Waals surface area contributed by atoms with Gasteiger partial charge in [-0.15, -0.1) is 0 Å². The van der Waals surface area contributed by atoms with Gasteiger partial charge in [-0.3, -0.25) is 0 Å². The third kappa shape index (κ3) is 6.12. The molecule has 0 aliphatic carbocycles. The number of amides is 2. The van der Waals surface area contributed by atoms with Crippen LogP contribution < -0.4 is 10.1 Å². The molecule has 134 valence electrons. The number of nitrogens with zero attached hydrogens (tertiary/aromatic N) is 1. The Morgan fingerprint density at radius 3 is 2.48 bits per heavy atom. The van der Waals surface area contributed by atoms with Gasteiger partial charge in [0.15, 0.2) is 0 Å². The molecule has 0 aliphatic rings. The van der Waals surface area contributed by atoms with E-state index in [0.29, 0.717) is 37.7 Å². The lowest BCUT2D eigenvalue weighted by Gasteiger charge is -2.23. The molecule has 2 aromatic rings. The maximum Gasteiger partial charge on any atom is 0.322 e. The molecule has 0 radical (unpaired) electrons. The molecule has 2 amide bonds. The number of carbonyl (C=O) groups excluding carboxylic acids is 1. The standard InChI is InChI=1S/C20H26N2O3/c1-3-13-22(16-17-9-5-4-6-10-17)20(23)21-18-11-7-8-12-19(18)25-15-14-24-2/h4-12H,3,13-16H2,1-2H3,(H,21,23). The first-order valence-electron chi connectivity index (χ1n) is 8.55. The van der Waals surface area contributed by atoms with Gasteiger partial charge in [0, 0.05) is 20.2 Å². The fourth-order valence-corrected chi connectivity index (χ4v) is 2.45. The normalized spacial score (nSPS) is 10.3. The van der Waals surface area contributed by atoms with Crippen molar-refractivity contribution in [2.45, 2.75) is 19.9 Å². The second-order valence-corrected chi connectivity index (χ2v) is 5.67. The Morgan fingerprint density at radius 2 is 1.76 bits per heavy atom. The van der Waals surface area contributed by atoms with Gasteiger partial charge in [0.25, 0.3) is 0 Å². The van der Waals surface area contributed by atoms with Crippen LogP contribution in [-0.4, -0.2) is 37.8 Å². The molecule has 0 atom stereocenters. The summed E-state index contributed by atoms with van der Waals surface area (Å²) in [7, 11) is 1.63. The fraction of sp³-hybridized carbons (Fsp3) is 0.350. The summed E-state index contributed by atoms with van der Waals surface area (Å²) in [5.41, 5.74) is 1.77. The van der Waals surface area contributed by atoms with Crippen LogP contribution in [0.1, 0.15) is 18.9 Å². The molecule has 0 heterocycles. The average Bonchev–Trinajstić information content (AvgIpc) is 2.64. The molecule has 0 saturated carbocycles. The van der Waals surface area contributed by atoms with Crippen molar-refractivity contribution < 1.29 is 14.3 Å². The summed E-state index contributed by atoms with van der Waals surface area (Å²) < 4.78 is 10.7. The molecular formula is C20H26N2O3. The molecule has 0 saturated heterocycles. The Kier molecular flexibility index (Phi) is 7.79. The summed E-state index contributed by atoms with van der Waals surface area (Å²) in [6, 6.07) is 17.3. The van der Waals surface area contributed by atoms with Gasteiger partial charge in [0.2, 0.25) is 0 Å². The molecule has 1 N–H and O–H groups in total. The molecule has 5 heteroatoms. The van der Waals surface area contributed by atoms with E-state index in [1.165, 1.54) is 0 Å². The van der Waals surface area contributed by atoms with E-state index >= 15 is 0 Å². The van der Waals surface area contributed by atoms with Crippen molar-refractivity contribution in [3.8, 4) is 5.75 Å². The third-order valence-corrected chi connectivity index (χ3v) is 3.67. The van der Waals surface area contributed by atoms with Gasteiger partial charge in [-0.1, -0.05) is 49.4 Å². The van der Waals surface area contributed by atoms with Crippen LogP contribution in [0.2, 0.25) is 0 Å². The monoisotopic (exact) mass is 342 g/mol. The van der Waals surface area contributed by atoms with Gasteiger partial charge in [-0.05, 0) is 24.1 Å². The highest BCUT2D eigenvalue weighted by molar-refractivity contribution is 5.91. The Morgan fingerprint density at radius 1 is 1.04 bits per heavy atom. The molecule has 0 unspecified atom stereocenters. The second-order valence-electron chi connectivity index (χ2n) is 5.67. The predicted molar refractivity (Wildman–Crippen MR) is 100.0 cm³/mol. The number of rotatable bonds is 9. The van der Waals surface area contributed by atoms with Crippen LogP contribution in [0, 0.1) is 0 Å². The van der Waals surface area contributed by atoms with Crippen molar-refractivity contribution in [3.63, 3.8) is 0 Å². The molecule has 25 heavy (non-hydrogen) atoms. The number of urea groups is 1. The van der Waals surface area contributed by atoms with Gasteiger partial charge in [-0.2, -0.15) is 0 Å². The highest BCUT2D eigenvalue weighted by Gasteiger charge is 2.15. The van der Waals surface area contributed by atoms with Crippen LogP contribution in [0.4, 0.5) is 10.5 Å². The van der Waals surface area contributed by atoms with Gasteiger partial charge in [-0.25, -0.2) is 4.79 Å². The van der Waals surface area contributed by atoms with Crippen molar-refractivity contribution in [3.05, 3.63) is 60.2 Å². The second kappa shape index (κ2) is 10.4. The van der Waals surface area contributed by atoms with E-state index in [9.17, 15) is 4.79 Å². The Balaban J connectivity index is 2.05. The number of benzene rings is 2. The van der Waals surface area contributed by atoms with Crippen LogP contribution in [0.5, 0.6) is 5.75 Å². The topological polar surface area (TPSA) is 50.8 Å². The summed E-state index contributed by atoms with van der Waals surface area (Å²) >= 11 is 0. The van der Waals surface area contributed by atoms with Crippen LogP contribution >= 0.6 is 0 Å². The number of anilines is 1. The van der Waals surface area contributed by atoms with Crippen molar-refractivity contribution >= 4 is 11.7 Å². The maximum absolute atomic E-state index is 12.7. The largest absolute Gasteiger partial charge is 0.489 e. The van der Waals surface area contributed by atoms with Crippen molar-refractivity contribution in [1.29, 1.82) is 0 Å². The average molecular weight is 342 g/mol. The summed E-state index contributed by atoms with van der Waals surface area (Å²) in [5.74, 6) is 0.643. The van der Waals surface area contributed by atoms with E-state index in [2.05, 4.69) is 12.2 Å². The lowest BCUT2D eigenvalue weighted by atomic mass is 10.2. The lowest BCUT2D eigenvalue weighted by Crippen LogP contribution is -2.35. The van der Waals surface area contributed by atoms with Crippen LogP contribution in [0.3, 0.4) is 0 Å². The summed E-state index contributed by atoms with van der Waals surface area (Å²) in [5, 5.41) is 2.96. The summed E-state index contributed by atoms with van der Waals surface area (Å²) in [6.45, 7) is 4.26. The predicted octanol–water partition coefficient (Wildman–Crippen LogP) is 4.16. The van der Waals surface area contributed by atoms with E-state index in [1.54, 1.807) is 12.0 Å². The molecule has 0 fully saturated rings. The van der Waals surface area contributed by atoms with E-state index in [0.717, 1.165) is 12.0 Å². The summed E-state index contributed by atoms with van der Waals surface area (Å²) in [4.78, 5) is 14.5. The van der Waals surface area contributed by atoms with Gasteiger partial charge < -0.3 is 19.7 Å². The van der Waals surface area contributed by atoms with E-state index in [4.69, 9.17) is 9.47 Å². The zero-order chi connectivity index (χ0) is 17.9. The highest BCUT2D eigenvalue weighted by atomic mass is 16.5. The quantitative estimate of drug-likeness (QED) is 0.696. The maximum atomic E-state index is 12.7. The Hall–Kier alpha value is -2.53. The number of carbonyl (C=O) groups is 1. The fourth-order valence-electron chi connectivity index (χ4n) is 2.45.